The van der Waals surface area contributed by atoms with Gasteiger partial charge in [0, 0.05) is 27.8 Å². The van der Waals surface area contributed by atoms with Gasteiger partial charge in [0.05, 0.1) is 27.5 Å². The van der Waals surface area contributed by atoms with Gasteiger partial charge >= 0.3 is 0 Å². The van der Waals surface area contributed by atoms with Crippen molar-refractivity contribution in [3.8, 4) is 22.3 Å². The standard InChI is InChI=1S/C41H27N3/c1-41(2)33-10-4-3-9-29(33)30-18-15-26(23-34(30)41)25-14-17-28-27(22-25)16-20-32-31-19-13-24-8-7-21-42-38(24)37(31)40-43-35-11-5-6-12-36(35)44(40)39(28)32/h3-23H,1-2H3. The van der Waals surface area contributed by atoms with Gasteiger partial charge in [-0.2, -0.15) is 0 Å². The number of pyridine rings is 2. The maximum Gasteiger partial charge on any atom is 0.148 e. The van der Waals surface area contributed by atoms with Crippen LogP contribution in [0.5, 0.6) is 0 Å². The summed E-state index contributed by atoms with van der Waals surface area (Å²) in [4.78, 5) is 10.0. The Bertz CT molecular complexity index is 2690. The lowest BCUT2D eigenvalue weighted by Crippen LogP contribution is -2.14. The highest BCUT2D eigenvalue weighted by Gasteiger charge is 2.35. The molecule has 0 aliphatic heterocycles. The number of rotatable bonds is 1. The molecule has 3 nitrogen and oxygen atoms in total. The van der Waals surface area contributed by atoms with Crippen molar-refractivity contribution in [1.82, 2.24) is 14.4 Å². The monoisotopic (exact) mass is 561 g/mol. The van der Waals surface area contributed by atoms with Gasteiger partial charge in [0.25, 0.3) is 0 Å². The molecule has 0 amide bonds. The molecule has 0 atom stereocenters. The summed E-state index contributed by atoms with van der Waals surface area (Å²) in [5, 5.41) is 7.05. The fourth-order valence-electron chi connectivity index (χ4n) is 7.85. The average molecular weight is 562 g/mol. The van der Waals surface area contributed by atoms with E-state index >= 15 is 0 Å². The second kappa shape index (κ2) is 8.30. The van der Waals surface area contributed by atoms with Crippen LogP contribution in [-0.2, 0) is 5.41 Å². The van der Waals surface area contributed by atoms with Gasteiger partial charge in [0.15, 0.2) is 0 Å². The molecule has 3 heterocycles. The minimum Gasteiger partial charge on any atom is -0.291 e. The summed E-state index contributed by atoms with van der Waals surface area (Å²) in [6, 6.07) is 44.4. The first-order valence-electron chi connectivity index (χ1n) is 15.3. The van der Waals surface area contributed by atoms with Crippen LogP contribution in [0.3, 0.4) is 0 Å². The van der Waals surface area contributed by atoms with E-state index in [-0.39, 0.29) is 5.41 Å². The number of benzene rings is 6. The number of hydrogen-bond donors (Lipinski definition) is 0. The molecule has 6 aromatic carbocycles. The fraction of sp³-hybridized carbons (Fsp3) is 0.0732. The molecule has 44 heavy (non-hydrogen) atoms. The van der Waals surface area contributed by atoms with Gasteiger partial charge in [-0.25, -0.2) is 4.98 Å². The van der Waals surface area contributed by atoms with Crippen LogP contribution in [0.2, 0.25) is 0 Å². The molecule has 206 valence electrons. The van der Waals surface area contributed by atoms with Crippen molar-refractivity contribution < 1.29 is 0 Å². The van der Waals surface area contributed by atoms with Gasteiger partial charge in [-0.05, 0) is 74.5 Å². The fourth-order valence-corrected chi connectivity index (χ4v) is 7.85. The maximum atomic E-state index is 5.20. The second-order valence-corrected chi connectivity index (χ2v) is 12.7. The Morgan fingerprint density at radius 1 is 0.591 bits per heavy atom. The maximum absolute atomic E-state index is 5.20. The smallest absolute Gasteiger partial charge is 0.148 e. The number of nitrogens with zero attached hydrogens (tertiary/aromatic N) is 3. The summed E-state index contributed by atoms with van der Waals surface area (Å²) in [6.45, 7) is 4.69. The van der Waals surface area contributed by atoms with Crippen molar-refractivity contribution >= 4 is 60.0 Å². The quantitative estimate of drug-likeness (QED) is 0.187. The Morgan fingerprint density at radius 2 is 1.34 bits per heavy atom. The molecule has 10 rings (SSSR count). The molecule has 1 aliphatic rings. The molecule has 0 spiro atoms. The molecule has 3 heteroatoms. The molecule has 9 aromatic rings. The zero-order valence-corrected chi connectivity index (χ0v) is 24.5. The summed E-state index contributed by atoms with van der Waals surface area (Å²) < 4.78 is 2.36. The third-order valence-corrected chi connectivity index (χ3v) is 9.98. The summed E-state index contributed by atoms with van der Waals surface area (Å²) in [5.41, 5.74) is 13.2. The molecule has 0 saturated heterocycles. The van der Waals surface area contributed by atoms with Gasteiger partial charge in [-0.1, -0.05) is 105 Å². The first-order valence-corrected chi connectivity index (χ1v) is 15.3. The number of hydrogen-bond acceptors (Lipinski definition) is 2. The minimum absolute atomic E-state index is 0.0246. The van der Waals surface area contributed by atoms with E-state index in [1.54, 1.807) is 0 Å². The number of aromatic nitrogens is 3. The van der Waals surface area contributed by atoms with E-state index < -0.39 is 0 Å². The Labute approximate surface area is 254 Å². The SMILES string of the molecule is CC1(C)c2ccccc2-c2ccc(-c3ccc4c(ccc5c6ccc7cccnc7c6c6nc7ccccc7n6c45)c3)cc21. The largest absolute Gasteiger partial charge is 0.291 e. The molecule has 0 N–H and O–H groups in total. The van der Waals surface area contributed by atoms with Gasteiger partial charge in [-0.3, -0.25) is 9.38 Å². The summed E-state index contributed by atoms with van der Waals surface area (Å²) in [7, 11) is 0. The average Bonchev–Trinajstić information content (AvgIpc) is 3.56. The summed E-state index contributed by atoms with van der Waals surface area (Å²) >= 11 is 0. The zero-order valence-electron chi connectivity index (χ0n) is 24.5. The predicted molar refractivity (Wildman–Crippen MR) is 184 cm³/mol. The van der Waals surface area contributed by atoms with Crippen molar-refractivity contribution in [1.29, 1.82) is 0 Å². The van der Waals surface area contributed by atoms with E-state index in [1.165, 1.54) is 60.4 Å². The highest BCUT2D eigenvalue weighted by molar-refractivity contribution is 6.25. The van der Waals surface area contributed by atoms with E-state index in [0.717, 1.165) is 33.0 Å². The minimum atomic E-state index is -0.0246. The predicted octanol–water partition coefficient (Wildman–Crippen LogP) is 10.5. The Balaban J connectivity index is 1.26. The lowest BCUT2D eigenvalue weighted by molar-refractivity contribution is 0.660. The normalized spacial score (nSPS) is 13.9. The third-order valence-electron chi connectivity index (χ3n) is 9.98. The van der Waals surface area contributed by atoms with E-state index in [1.807, 2.05) is 12.3 Å². The first-order chi connectivity index (χ1) is 21.6. The van der Waals surface area contributed by atoms with Crippen molar-refractivity contribution in [3.63, 3.8) is 0 Å². The van der Waals surface area contributed by atoms with Crippen molar-refractivity contribution in [3.05, 3.63) is 139 Å². The molecule has 0 radical (unpaired) electrons. The topological polar surface area (TPSA) is 30.2 Å². The molecule has 0 saturated carbocycles. The number of fused-ring (bicyclic) bond motifs is 15. The Hall–Kier alpha value is -5.54. The molecule has 1 aliphatic carbocycles. The van der Waals surface area contributed by atoms with Crippen LogP contribution in [-0.4, -0.2) is 14.4 Å². The first kappa shape index (κ1) is 24.0. The van der Waals surface area contributed by atoms with E-state index in [9.17, 15) is 0 Å². The summed E-state index contributed by atoms with van der Waals surface area (Å²) in [6.07, 6.45) is 1.88. The van der Waals surface area contributed by atoms with Crippen molar-refractivity contribution in [2.24, 2.45) is 0 Å². The molecular formula is C41H27N3. The van der Waals surface area contributed by atoms with Crippen LogP contribution in [0.1, 0.15) is 25.0 Å². The molecule has 3 aromatic heterocycles. The highest BCUT2D eigenvalue weighted by Crippen LogP contribution is 2.49. The molecule has 0 bridgehead atoms. The highest BCUT2D eigenvalue weighted by atomic mass is 15.0. The Morgan fingerprint density at radius 3 is 2.30 bits per heavy atom. The number of imidazole rings is 1. The van der Waals surface area contributed by atoms with Gasteiger partial charge in [-0.15, -0.1) is 0 Å². The molecule has 0 unspecified atom stereocenters. The van der Waals surface area contributed by atoms with E-state index in [4.69, 9.17) is 9.97 Å². The number of para-hydroxylation sites is 2. The van der Waals surface area contributed by atoms with Crippen LogP contribution in [0.15, 0.2) is 128 Å². The lowest BCUT2D eigenvalue weighted by atomic mass is 9.81. The van der Waals surface area contributed by atoms with Crippen LogP contribution in [0, 0.1) is 0 Å². The second-order valence-electron chi connectivity index (χ2n) is 12.7. The zero-order chi connectivity index (χ0) is 29.2. The van der Waals surface area contributed by atoms with Gasteiger partial charge in [0.1, 0.15) is 5.65 Å². The van der Waals surface area contributed by atoms with Crippen LogP contribution in [0.25, 0.3) is 82.3 Å². The van der Waals surface area contributed by atoms with Crippen LogP contribution < -0.4 is 0 Å². The van der Waals surface area contributed by atoms with Gasteiger partial charge < -0.3 is 0 Å². The Kier molecular flexibility index (Phi) is 4.52. The van der Waals surface area contributed by atoms with Crippen LogP contribution in [0.4, 0.5) is 0 Å². The van der Waals surface area contributed by atoms with Crippen LogP contribution >= 0.6 is 0 Å². The lowest BCUT2D eigenvalue weighted by Gasteiger charge is -2.22. The van der Waals surface area contributed by atoms with E-state index in [2.05, 4.69) is 134 Å². The van der Waals surface area contributed by atoms with E-state index in [0.29, 0.717) is 0 Å². The van der Waals surface area contributed by atoms with Crippen molar-refractivity contribution in [2.45, 2.75) is 19.3 Å². The third kappa shape index (κ3) is 3.01. The summed E-state index contributed by atoms with van der Waals surface area (Å²) in [5.74, 6) is 0. The molecule has 0 fully saturated rings. The van der Waals surface area contributed by atoms with Crippen molar-refractivity contribution in [2.75, 3.05) is 0 Å². The molecular weight excluding hydrogens is 534 g/mol. The van der Waals surface area contributed by atoms with Gasteiger partial charge in [0.2, 0.25) is 0 Å².